The standard InChI is InChI=1S/C12H11FN2O3/c1-8-5-11(12(15(16)17)6-10(8)13)14-7-9-3-2-4-18-9/h2-6,14H,7H2,1H3. The Morgan fingerprint density at radius 3 is 2.89 bits per heavy atom. The molecule has 0 amide bonds. The molecule has 0 aliphatic heterocycles. The van der Waals surface area contributed by atoms with Crippen molar-refractivity contribution in [2.75, 3.05) is 5.32 Å². The van der Waals surface area contributed by atoms with Gasteiger partial charge >= 0.3 is 0 Å². The number of hydrogen-bond acceptors (Lipinski definition) is 4. The van der Waals surface area contributed by atoms with Crippen molar-refractivity contribution in [1.82, 2.24) is 0 Å². The second-order valence-electron chi connectivity index (χ2n) is 3.81. The van der Waals surface area contributed by atoms with Gasteiger partial charge in [-0.2, -0.15) is 0 Å². The highest BCUT2D eigenvalue weighted by atomic mass is 19.1. The summed E-state index contributed by atoms with van der Waals surface area (Å²) in [5, 5.41) is 13.7. The van der Waals surface area contributed by atoms with Crippen LogP contribution in [-0.4, -0.2) is 4.92 Å². The summed E-state index contributed by atoms with van der Waals surface area (Å²) in [6.07, 6.45) is 1.52. The molecule has 5 nitrogen and oxygen atoms in total. The number of nitrogens with zero attached hydrogens (tertiary/aromatic N) is 1. The van der Waals surface area contributed by atoms with Crippen molar-refractivity contribution in [3.63, 3.8) is 0 Å². The van der Waals surface area contributed by atoms with Gasteiger partial charge in [-0.15, -0.1) is 0 Å². The number of anilines is 1. The molecule has 1 aromatic carbocycles. The molecule has 94 valence electrons. The second-order valence-corrected chi connectivity index (χ2v) is 3.81. The Morgan fingerprint density at radius 1 is 1.50 bits per heavy atom. The molecule has 1 heterocycles. The Hall–Kier alpha value is -2.37. The lowest BCUT2D eigenvalue weighted by Crippen LogP contribution is -2.03. The molecule has 1 N–H and O–H groups in total. The van der Waals surface area contributed by atoms with Crippen molar-refractivity contribution >= 4 is 11.4 Å². The Bertz CT molecular complexity index is 567. The van der Waals surface area contributed by atoms with Crippen LogP contribution in [-0.2, 0) is 6.54 Å². The first-order chi connectivity index (χ1) is 8.58. The first kappa shape index (κ1) is 12.1. The van der Waals surface area contributed by atoms with Crippen LogP contribution in [0, 0.1) is 22.9 Å². The third-order valence-corrected chi connectivity index (χ3v) is 2.51. The minimum absolute atomic E-state index is 0.273. The molecule has 0 fully saturated rings. The van der Waals surface area contributed by atoms with E-state index in [1.165, 1.54) is 12.3 Å². The highest BCUT2D eigenvalue weighted by Crippen LogP contribution is 2.27. The smallest absolute Gasteiger partial charge is 0.295 e. The van der Waals surface area contributed by atoms with Crippen molar-refractivity contribution in [2.45, 2.75) is 13.5 Å². The van der Waals surface area contributed by atoms with Gasteiger partial charge in [0.2, 0.25) is 0 Å². The predicted octanol–water partition coefficient (Wildman–Crippen LogP) is 3.25. The fraction of sp³-hybridized carbons (Fsp3) is 0.167. The van der Waals surface area contributed by atoms with Crippen LogP contribution in [0.15, 0.2) is 34.9 Å². The molecule has 6 heteroatoms. The maximum Gasteiger partial charge on any atom is 0.295 e. The average Bonchev–Trinajstić information content (AvgIpc) is 2.83. The van der Waals surface area contributed by atoms with Crippen LogP contribution in [0.25, 0.3) is 0 Å². The number of rotatable bonds is 4. The first-order valence-corrected chi connectivity index (χ1v) is 5.28. The van der Waals surface area contributed by atoms with Gasteiger partial charge in [0.15, 0.2) is 0 Å². The topological polar surface area (TPSA) is 68.3 Å². The quantitative estimate of drug-likeness (QED) is 0.668. The number of benzene rings is 1. The van der Waals surface area contributed by atoms with Gasteiger partial charge < -0.3 is 9.73 Å². The minimum atomic E-state index is -0.618. The van der Waals surface area contributed by atoms with E-state index in [0.717, 1.165) is 6.07 Å². The summed E-state index contributed by atoms with van der Waals surface area (Å²) in [5.41, 5.74) is 0.336. The molecule has 18 heavy (non-hydrogen) atoms. The van der Waals surface area contributed by atoms with Crippen LogP contribution in [0.5, 0.6) is 0 Å². The van der Waals surface area contributed by atoms with Gasteiger partial charge in [0.05, 0.1) is 23.8 Å². The van der Waals surface area contributed by atoms with E-state index in [2.05, 4.69) is 5.32 Å². The van der Waals surface area contributed by atoms with Crippen molar-refractivity contribution in [1.29, 1.82) is 0 Å². The number of hydrogen-bond donors (Lipinski definition) is 1. The minimum Gasteiger partial charge on any atom is -0.467 e. The number of aryl methyl sites for hydroxylation is 1. The fourth-order valence-electron chi connectivity index (χ4n) is 1.56. The lowest BCUT2D eigenvalue weighted by Gasteiger charge is -2.07. The highest BCUT2D eigenvalue weighted by Gasteiger charge is 2.16. The molecule has 0 saturated heterocycles. The summed E-state index contributed by atoms with van der Waals surface area (Å²) in [7, 11) is 0. The van der Waals surface area contributed by atoms with Crippen molar-refractivity contribution in [2.24, 2.45) is 0 Å². The van der Waals surface area contributed by atoms with Gasteiger partial charge in [-0.1, -0.05) is 0 Å². The lowest BCUT2D eigenvalue weighted by atomic mass is 10.1. The van der Waals surface area contributed by atoms with E-state index in [-0.39, 0.29) is 11.4 Å². The van der Waals surface area contributed by atoms with Crippen LogP contribution in [0.1, 0.15) is 11.3 Å². The van der Waals surface area contributed by atoms with Gasteiger partial charge in [-0.3, -0.25) is 10.1 Å². The molecule has 0 bridgehead atoms. The zero-order valence-corrected chi connectivity index (χ0v) is 9.64. The molecule has 2 rings (SSSR count). The van der Waals surface area contributed by atoms with E-state index < -0.39 is 10.7 Å². The highest BCUT2D eigenvalue weighted by molar-refractivity contribution is 5.63. The van der Waals surface area contributed by atoms with E-state index in [9.17, 15) is 14.5 Å². The fourth-order valence-corrected chi connectivity index (χ4v) is 1.56. The molecule has 1 aromatic heterocycles. The lowest BCUT2D eigenvalue weighted by molar-refractivity contribution is -0.384. The average molecular weight is 250 g/mol. The van der Waals surface area contributed by atoms with Crippen molar-refractivity contribution < 1.29 is 13.7 Å². The maximum atomic E-state index is 13.3. The van der Waals surface area contributed by atoms with Gasteiger partial charge in [0.25, 0.3) is 5.69 Å². The van der Waals surface area contributed by atoms with Crippen molar-refractivity contribution in [3.8, 4) is 0 Å². The first-order valence-electron chi connectivity index (χ1n) is 5.28. The molecule has 0 unspecified atom stereocenters. The van der Waals surface area contributed by atoms with Gasteiger partial charge in [0.1, 0.15) is 17.3 Å². The predicted molar refractivity (Wildman–Crippen MR) is 63.8 cm³/mol. The number of nitrogens with one attached hydrogen (secondary N) is 1. The molecule has 0 radical (unpaired) electrons. The monoisotopic (exact) mass is 250 g/mol. The Labute approximate surface area is 102 Å². The number of nitro groups is 1. The van der Waals surface area contributed by atoms with Gasteiger partial charge in [-0.05, 0) is 30.7 Å². The van der Waals surface area contributed by atoms with E-state index >= 15 is 0 Å². The Morgan fingerprint density at radius 2 is 2.28 bits per heavy atom. The number of halogens is 1. The van der Waals surface area contributed by atoms with Gasteiger partial charge in [0, 0.05) is 0 Å². The third-order valence-electron chi connectivity index (χ3n) is 2.51. The second kappa shape index (κ2) is 4.87. The number of furan rings is 1. The van der Waals surface area contributed by atoms with E-state index in [4.69, 9.17) is 4.42 Å². The van der Waals surface area contributed by atoms with E-state index in [0.29, 0.717) is 17.9 Å². The van der Waals surface area contributed by atoms with Crippen LogP contribution in [0.3, 0.4) is 0 Å². The maximum absolute atomic E-state index is 13.3. The molecular weight excluding hydrogens is 239 g/mol. The van der Waals surface area contributed by atoms with Gasteiger partial charge in [-0.25, -0.2) is 4.39 Å². The summed E-state index contributed by atoms with van der Waals surface area (Å²) < 4.78 is 18.4. The summed E-state index contributed by atoms with van der Waals surface area (Å²) in [6.45, 7) is 1.86. The molecule has 0 saturated carbocycles. The molecule has 0 atom stereocenters. The third kappa shape index (κ3) is 2.48. The molecule has 0 aliphatic rings. The van der Waals surface area contributed by atoms with E-state index in [1.807, 2.05) is 0 Å². The molecule has 2 aromatic rings. The normalized spacial score (nSPS) is 10.3. The van der Waals surface area contributed by atoms with Crippen LogP contribution >= 0.6 is 0 Å². The summed E-state index contributed by atoms with van der Waals surface area (Å²) >= 11 is 0. The van der Waals surface area contributed by atoms with Crippen LogP contribution in [0.4, 0.5) is 15.8 Å². The molecule has 0 spiro atoms. The van der Waals surface area contributed by atoms with E-state index in [1.54, 1.807) is 19.1 Å². The molecular formula is C12H11FN2O3. The number of nitro benzene ring substituents is 1. The van der Waals surface area contributed by atoms with Crippen molar-refractivity contribution in [3.05, 3.63) is 57.8 Å². The van der Waals surface area contributed by atoms with Crippen LogP contribution < -0.4 is 5.32 Å². The zero-order valence-electron chi connectivity index (χ0n) is 9.64. The zero-order chi connectivity index (χ0) is 13.1. The Balaban J connectivity index is 2.25. The summed E-state index contributed by atoms with van der Waals surface area (Å²) in [5.74, 6) is 0.0523. The SMILES string of the molecule is Cc1cc(NCc2ccco2)c([N+](=O)[O-])cc1F. The summed E-state index contributed by atoms with van der Waals surface area (Å²) in [4.78, 5) is 10.2. The summed E-state index contributed by atoms with van der Waals surface area (Å²) in [6, 6.07) is 5.80. The van der Waals surface area contributed by atoms with Crippen LogP contribution in [0.2, 0.25) is 0 Å². The molecule has 0 aliphatic carbocycles. The Kier molecular flexibility index (Phi) is 3.27. The largest absolute Gasteiger partial charge is 0.467 e.